The lowest BCUT2D eigenvalue weighted by molar-refractivity contribution is 0.228. The third-order valence-corrected chi connectivity index (χ3v) is 3.39. The molecular formula is C15H25NO. The van der Waals surface area contributed by atoms with E-state index in [1.54, 1.807) is 0 Å². The number of benzene rings is 1. The van der Waals surface area contributed by atoms with Crippen LogP contribution in [0, 0.1) is 19.8 Å². The van der Waals surface area contributed by atoms with E-state index in [0.29, 0.717) is 12.5 Å². The molecule has 0 aliphatic rings. The van der Waals surface area contributed by atoms with Crippen LogP contribution in [-0.4, -0.2) is 18.3 Å². The Morgan fingerprint density at radius 3 is 2.76 bits per heavy atom. The molecule has 1 aromatic rings. The van der Waals surface area contributed by atoms with E-state index >= 15 is 0 Å². The smallest absolute Gasteiger partial charge is 0.0456 e. The van der Waals surface area contributed by atoms with Gasteiger partial charge in [-0.15, -0.1) is 0 Å². The second kappa shape index (κ2) is 7.46. The number of nitrogens with one attached hydrogen (secondary N) is 1. The lowest BCUT2D eigenvalue weighted by Gasteiger charge is -2.11. The number of aliphatic hydroxyl groups is 1. The molecule has 0 bridgehead atoms. The van der Waals surface area contributed by atoms with Crippen molar-refractivity contribution >= 4 is 0 Å². The number of aliphatic hydroxyl groups excluding tert-OH is 1. The standard InChI is InChI=1S/C15H25NO/c1-12(11-17)6-5-9-16-10-15-8-4-7-13(2)14(15)3/h4,7-8,12,16-17H,5-6,9-11H2,1-3H3. The lowest BCUT2D eigenvalue weighted by atomic mass is 10.0. The average Bonchev–Trinajstić information content (AvgIpc) is 2.33. The van der Waals surface area contributed by atoms with Gasteiger partial charge in [0.2, 0.25) is 0 Å². The van der Waals surface area contributed by atoms with Crippen LogP contribution < -0.4 is 5.32 Å². The van der Waals surface area contributed by atoms with Gasteiger partial charge in [-0.3, -0.25) is 0 Å². The van der Waals surface area contributed by atoms with E-state index in [1.807, 2.05) is 0 Å². The normalized spacial score (nSPS) is 12.7. The van der Waals surface area contributed by atoms with Gasteiger partial charge in [0, 0.05) is 13.2 Å². The molecule has 0 heterocycles. The minimum Gasteiger partial charge on any atom is -0.396 e. The minimum atomic E-state index is 0.303. The first kappa shape index (κ1) is 14.2. The largest absolute Gasteiger partial charge is 0.396 e. The molecule has 2 heteroatoms. The lowest BCUT2D eigenvalue weighted by Crippen LogP contribution is -2.16. The molecule has 96 valence electrons. The predicted octanol–water partition coefficient (Wildman–Crippen LogP) is 2.80. The van der Waals surface area contributed by atoms with Crippen molar-refractivity contribution in [3.8, 4) is 0 Å². The molecule has 1 atom stereocenters. The number of aryl methyl sites for hydroxylation is 1. The molecule has 0 saturated carbocycles. The Kier molecular flexibility index (Phi) is 6.23. The molecule has 0 amide bonds. The number of rotatable bonds is 7. The van der Waals surface area contributed by atoms with Crippen LogP contribution in [0.1, 0.15) is 36.5 Å². The van der Waals surface area contributed by atoms with E-state index in [1.165, 1.54) is 16.7 Å². The highest BCUT2D eigenvalue weighted by atomic mass is 16.3. The summed E-state index contributed by atoms with van der Waals surface area (Å²) in [5.41, 5.74) is 4.14. The van der Waals surface area contributed by atoms with Crippen molar-refractivity contribution in [3.05, 3.63) is 34.9 Å². The van der Waals surface area contributed by atoms with Gasteiger partial charge in [-0.25, -0.2) is 0 Å². The monoisotopic (exact) mass is 235 g/mol. The summed E-state index contributed by atoms with van der Waals surface area (Å²) in [6.45, 7) is 8.70. The molecule has 0 aromatic heterocycles. The molecule has 17 heavy (non-hydrogen) atoms. The van der Waals surface area contributed by atoms with Crippen LogP contribution in [0.25, 0.3) is 0 Å². The zero-order valence-corrected chi connectivity index (χ0v) is 11.3. The Bertz CT molecular complexity index is 336. The van der Waals surface area contributed by atoms with Crippen LogP contribution >= 0.6 is 0 Å². The second-order valence-electron chi connectivity index (χ2n) is 4.97. The highest BCUT2D eigenvalue weighted by molar-refractivity contribution is 5.32. The van der Waals surface area contributed by atoms with Gasteiger partial charge in [0.05, 0.1) is 0 Å². The summed E-state index contributed by atoms with van der Waals surface area (Å²) in [4.78, 5) is 0. The minimum absolute atomic E-state index is 0.303. The molecule has 0 radical (unpaired) electrons. The highest BCUT2D eigenvalue weighted by Gasteiger charge is 2.01. The molecule has 0 saturated heterocycles. The van der Waals surface area contributed by atoms with E-state index < -0.39 is 0 Å². The topological polar surface area (TPSA) is 32.3 Å². The Morgan fingerprint density at radius 2 is 2.06 bits per heavy atom. The van der Waals surface area contributed by atoms with Gasteiger partial charge < -0.3 is 10.4 Å². The number of hydrogen-bond donors (Lipinski definition) is 2. The van der Waals surface area contributed by atoms with Crippen molar-refractivity contribution in [2.45, 2.75) is 40.2 Å². The fraction of sp³-hybridized carbons (Fsp3) is 0.600. The Morgan fingerprint density at radius 1 is 1.29 bits per heavy atom. The summed E-state index contributed by atoms with van der Waals surface area (Å²) in [6, 6.07) is 6.46. The van der Waals surface area contributed by atoms with Crippen LogP contribution in [0.15, 0.2) is 18.2 Å². The van der Waals surface area contributed by atoms with Crippen LogP contribution in [0.5, 0.6) is 0 Å². The zero-order valence-electron chi connectivity index (χ0n) is 11.3. The summed E-state index contributed by atoms with van der Waals surface area (Å²) in [5.74, 6) is 0.428. The Hall–Kier alpha value is -0.860. The van der Waals surface area contributed by atoms with Gasteiger partial charge in [-0.2, -0.15) is 0 Å². The Labute approximate surface area is 105 Å². The molecule has 0 fully saturated rings. The van der Waals surface area contributed by atoms with Gasteiger partial charge in [0.25, 0.3) is 0 Å². The molecular weight excluding hydrogens is 210 g/mol. The summed E-state index contributed by atoms with van der Waals surface area (Å²) >= 11 is 0. The predicted molar refractivity (Wildman–Crippen MR) is 73.1 cm³/mol. The van der Waals surface area contributed by atoms with E-state index in [-0.39, 0.29) is 0 Å². The molecule has 2 N–H and O–H groups in total. The van der Waals surface area contributed by atoms with Crippen molar-refractivity contribution in [2.75, 3.05) is 13.2 Å². The van der Waals surface area contributed by atoms with E-state index in [0.717, 1.165) is 25.9 Å². The van der Waals surface area contributed by atoms with Crippen LogP contribution in [0.3, 0.4) is 0 Å². The van der Waals surface area contributed by atoms with Gasteiger partial charge in [-0.05, 0) is 55.8 Å². The third-order valence-electron chi connectivity index (χ3n) is 3.39. The maximum absolute atomic E-state index is 8.92. The number of hydrogen-bond acceptors (Lipinski definition) is 2. The van der Waals surface area contributed by atoms with Crippen molar-refractivity contribution < 1.29 is 5.11 Å². The summed E-state index contributed by atoms with van der Waals surface area (Å²) in [6.07, 6.45) is 2.23. The Balaban J connectivity index is 2.25. The van der Waals surface area contributed by atoms with Crippen molar-refractivity contribution in [2.24, 2.45) is 5.92 Å². The first-order valence-electron chi connectivity index (χ1n) is 6.51. The fourth-order valence-corrected chi connectivity index (χ4v) is 1.89. The van der Waals surface area contributed by atoms with Gasteiger partial charge in [-0.1, -0.05) is 25.1 Å². The third kappa shape index (κ3) is 4.88. The van der Waals surface area contributed by atoms with Crippen LogP contribution in [0.4, 0.5) is 0 Å². The second-order valence-corrected chi connectivity index (χ2v) is 4.97. The maximum atomic E-state index is 8.92. The molecule has 0 spiro atoms. The van der Waals surface area contributed by atoms with Crippen molar-refractivity contribution in [3.63, 3.8) is 0 Å². The highest BCUT2D eigenvalue weighted by Crippen LogP contribution is 2.12. The molecule has 0 aliphatic heterocycles. The maximum Gasteiger partial charge on any atom is 0.0456 e. The van der Waals surface area contributed by atoms with Crippen molar-refractivity contribution in [1.29, 1.82) is 0 Å². The fourth-order valence-electron chi connectivity index (χ4n) is 1.89. The SMILES string of the molecule is Cc1cccc(CNCCCC(C)CO)c1C. The summed E-state index contributed by atoms with van der Waals surface area (Å²) < 4.78 is 0. The van der Waals surface area contributed by atoms with Crippen molar-refractivity contribution in [1.82, 2.24) is 5.32 Å². The van der Waals surface area contributed by atoms with Gasteiger partial charge in [0.15, 0.2) is 0 Å². The molecule has 2 nitrogen and oxygen atoms in total. The first-order chi connectivity index (χ1) is 8.15. The first-order valence-corrected chi connectivity index (χ1v) is 6.51. The van der Waals surface area contributed by atoms with Gasteiger partial charge >= 0.3 is 0 Å². The molecule has 1 unspecified atom stereocenters. The van der Waals surface area contributed by atoms with E-state index in [9.17, 15) is 0 Å². The quantitative estimate of drug-likeness (QED) is 0.712. The average molecular weight is 235 g/mol. The molecule has 1 aromatic carbocycles. The van der Waals surface area contributed by atoms with Gasteiger partial charge in [0.1, 0.15) is 0 Å². The zero-order chi connectivity index (χ0) is 12.7. The van der Waals surface area contributed by atoms with Crippen LogP contribution in [-0.2, 0) is 6.54 Å². The molecule has 1 rings (SSSR count). The van der Waals surface area contributed by atoms with E-state index in [4.69, 9.17) is 5.11 Å². The molecule has 0 aliphatic carbocycles. The summed E-state index contributed by atoms with van der Waals surface area (Å²) in [5, 5.41) is 12.4. The van der Waals surface area contributed by atoms with E-state index in [2.05, 4.69) is 44.3 Å². The summed E-state index contributed by atoms with van der Waals surface area (Å²) in [7, 11) is 0. The van der Waals surface area contributed by atoms with Crippen LogP contribution in [0.2, 0.25) is 0 Å².